The third-order valence-electron chi connectivity index (χ3n) is 3.08. The minimum Gasteiger partial charge on any atom is -0.366 e. The average molecular weight is 263 g/mol. The molecule has 1 rings (SSSR count). The van der Waals surface area contributed by atoms with Crippen LogP contribution in [0.2, 0.25) is 0 Å². The molecule has 100 valence electrons. The van der Waals surface area contributed by atoms with Gasteiger partial charge in [-0.25, -0.2) is 8.42 Å². The van der Waals surface area contributed by atoms with E-state index in [1.54, 1.807) is 13.8 Å². The highest BCUT2D eigenvalue weighted by atomic mass is 32.2. The van der Waals surface area contributed by atoms with Crippen molar-refractivity contribution in [3.63, 3.8) is 0 Å². The summed E-state index contributed by atoms with van der Waals surface area (Å²) in [5, 5.41) is -0.434. The van der Waals surface area contributed by atoms with Crippen LogP contribution in [0.3, 0.4) is 0 Å². The summed E-state index contributed by atoms with van der Waals surface area (Å²) in [5.41, 5.74) is 5.45. The summed E-state index contributed by atoms with van der Waals surface area (Å²) in [7, 11) is -3.14. The largest absolute Gasteiger partial charge is 0.366 e. The minimum atomic E-state index is -3.14. The minimum absolute atomic E-state index is 0.0441. The molecule has 0 amide bonds. The fraction of sp³-hybridized carbons (Fsp3) is 0.909. The molecule has 1 aliphatic heterocycles. The third-order valence-corrected chi connectivity index (χ3v) is 5.29. The number of nitrogens with two attached hydrogens (primary N) is 1. The fourth-order valence-electron chi connectivity index (χ4n) is 1.76. The number of Topliss-reactive ketones (excluding diaryl/α,β-unsaturated/α-hetero) is 1. The number of carbonyl (C=O) groups is 1. The lowest BCUT2D eigenvalue weighted by molar-refractivity contribution is -0.129. The van der Waals surface area contributed by atoms with E-state index in [9.17, 15) is 13.2 Å². The molecule has 1 fully saturated rings. The van der Waals surface area contributed by atoms with Gasteiger partial charge >= 0.3 is 0 Å². The van der Waals surface area contributed by atoms with Gasteiger partial charge in [0, 0.05) is 13.0 Å². The maximum absolute atomic E-state index is 11.7. The summed E-state index contributed by atoms with van der Waals surface area (Å²) in [6.45, 7) is 3.65. The van der Waals surface area contributed by atoms with Gasteiger partial charge < -0.3 is 10.5 Å². The SMILES string of the molecule is CC(C)S(=O)(=O)CCC(=O)C1CCC(CN)O1. The van der Waals surface area contributed by atoms with Crippen LogP contribution in [0, 0.1) is 0 Å². The zero-order chi connectivity index (χ0) is 13.1. The Hall–Kier alpha value is -0.460. The Balaban J connectivity index is 2.41. The first-order valence-electron chi connectivity index (χ1n) is 5.96. The molecule has 1 saturated heterocycles. The van der Waals surface area contributed by atoms with Crippen LogP contribution >= 0.6 is 0 Å². The Morgan fingerprint density at radius 2 is 2.06 bits per heavy atom. The van der Waals surface area contributed by atoms with E-state index in [0.717, 1.165) is 6.42 Å². The van der Waals surface area contributed by atoms with E-state index in [0.29, 0.717) is 13.0 Å². The van der Waals surface area contributed by atoms with E-state index in [1.807, 2.05) is 0 Å². The van der Waals surface area contributed by atoms with Gasteiger partial charge in [-0.1, -0.05) is 0 Å². The van der Waals surface area contributed by atoms with Crippen LogP contribution in [0.4, 0.5) is 0 Å². The van der Waals surface area contributed by atoms with Crippen molar-refractivity contribution in [2.45, 2.75) is 50.6 Å². The molecule has 1 aliphatic rings. The molecule has 0 aromatic heterocycles. The van der Waals surface area contributed by atoms with Crippen LogP contribution in [-0.4, -0.2) is 44.0 Å². The number of carbonyl (C=O) groups excluding carboxylic acids is 1. The van der Waals surface area contributed by atoms with Gasteiger partial charge in [-0.3, -0.25) is 4.79 Å². The molecule has 0 radical (unpaired) electrons. The van der Waals surface area contributed by atoms with Crippen molar-refractivity contribution in [3.8, 4) is 0 Å². The number of hydrogen-bond donors (Lipinski definition) is 1. The highest BCUT2D eigenvalue weighted by Crippen LogP contribution is 2.20. The van der Waals surface area contributed by atoms with E-state index >= 15 is 0 Å². The maximum Gasteiger partial charge on any atom is 0.162 e. The summed E-state index contributed by atoms with van der Waals surface area (Å²) in [6, 6.07) is 0. The van der Waals surface area contributed by atoms with E-state index in [-0.39, 0.29) is 24.1 Å². The van der Waals surface area contributed by atoms with Crippen LogP contribution < -0.4 is 5.73 Å². The van der Waals surface area contributed by atoms with E-state index in [1.165, 1.54) is 0 Å². The second-order valence-electron chi connectivity index (χ2n) is 4.69. The van der Waals surface area contributed by atoms with Crippen LogP contribution in [0.25, 0.3) is 0 Å². The van der Waals surface area contributed by atoms with Crippen LogP contribution in [0.15, 0.2) is 0 Å². The first-order chi connectivity index (χ1) is 7.86. The van der Waals surface area contributed by atoms with E-state index in [2.05, 4.69) is 0 Å². The van der Waals surface area contributed by atoms with Gasteiger partial charge in [0.1, 0.15) is 6.10 Å². The molecular weight excluding hydrogens is 242 g/mol. The lowest BCUT2D eigenvalue weighted by Gasteiger charge is -2.12. The molecule has 0 spiro atoms. The van der Waals surface area contributed by atoms with Gasteiger partial charge in [0.05, 0.1) is 17.1 Å². The van der Waals surface area contributed by atoms with Gasteiger partial charge in [0.2, 0.25) is 0 Å². The standard InChI is InChI=1S/C11H21NO4S/c1-8(2)17(14,15)6-5-10(13)11-4-3-9(7-12)16-11/h8-9,11H,3-7,12H2,1-2H3. The number of sulfone groups is 1. The van der Waals surface area contributed by atoms with Crippen LogP contribution in [0.5, 0.6) is 0 Å². The molecule has 0 aliphatic carbocycles. The topological polar surface area (TPSA) is 86.5 Å². The molecule has 0 aromatic rings. The summed E-state index contributed by atoms with van der Waals surface area (Å²) in [6.07, 6.45) is 0.978. The van der Waals surface area contributed by atoms with Gasteiger partial charge in [-0.15, -0.1) is 0 Å². The number of rotatable bonds is 6. The van der Waals surface area contributed by atoms with Crippen LogP contribution in [-0.2, 0) is 19.4 Å². The second kappa shape index (κ2) is 5.93. The zero-order valence-corrected chi connectivity index (χ0v) is 11.2. The van der Waals surface area contributed by atoms with Crippen molar-refractivity contribution >= 4 is 15.6 Å². The van der Waals surface area contributed by atoms with Gasteiger partial charge in [0.15, 0.2) is 15.6 Å². The molecule has 0 aromatic carbocycles. The monoisotopic (exact) mass is 263 g/mol. The summed E-state index contributed by atoms with van der Waals surface area (Å²) < 4.78 is 28.5. The molecule has 1 heterocycles. The average Bonchev–Trinajstić information content (AvgIpc) is 2.74. The van der Waals surface area contributed by atoms with E-state index in [4.69, 9.17) is 10.5 Å². The highest BCUT2D eigenvalue weighted by molar-refractivity contribution is 7.91. The highest BCUT2D eigenvalue weighted by Gasteiger charge is 2.30. The quantitative estimate of drug-likeness (QED) is 0.743. The van der Waals surface area contributed by atoms with E-state index < -0.39 is 21.2 Å². The molecular formula is C11H21NO4S. The van der Waals surface area contributed by atoms with Crippen molar-refractivity contribution in [1.82, 2.24) is 0 Å². The Bertz CT molecular complexity index is 364. The summed E-state index contributed by atoms with van der Waals surface area (Å²) >= 11 is 0. The van der Waals surface area contributed by atoms with Gasteiger partial charge in [-0.05, 0) is 26.7 Å². The molecule has 0 bridgehead atoms. The molecule has 6 heteroatoms. The van der Waals surface area contributed by atoms with Crippen molar-refractivity contribution in [3.05, 3.63) is 0 Å². The number of ketones is 1. The number of hydrogen-bond acceptors (Lipinski definition) is 5. The Labute approximate surface area is 103 Å². The molecule has 2 atom stereocenters. The second-order valence-corrected chi connectivity index (χ2v) is 7.37. The van der Waals surface area contributed by atoms with Crippen molar-refractivity contribution < 1.29 is 17.9 Å². The third kappa shape index (κ3) is 4.04. The molecule has 5 nitrogen and oxygen atoms in total. The smallest absolute Gasteiger partial charge is 0.162 e. The Kier molecular flexibility index (Phi) is 5.09. The molecule has 0 saturated carbocycles. The fourth-order valence-corrected chi connectivity index (χ4v) is 2.71. The van der Waals surface area contributed by atoms with Gasteiger partial charge in [0.25, 0.3) is 0 Å². The van der Waals surface area contributed by atoms with Crippen molar-refractivity contribution in [2.24, 2.45) is 5.73 Å². The first kappa shape index (κ1) is 14.6. The van der Waals surface area contributed by atoms with Crippen molar-refractivity contribution in [2.75, 3.05) is 12.3 Å². The zero-order valence-electron chi connectivity index (χ0n) is 10.4. The molecule has 2 N–H and O–H groups in total. The summed E-state index contributed by atoms with van der Waals surface area (Å²) in [5.74, 6) is -0.207. The lowest BCUT2D eigenvalue weighted by Crippen LogP contribution is -2.27. The Morgan fingerprint density at radius 3 is 2.53 bits per heavy atom. The normalized spacial score (nSPS) is 25.4. The molecule has 17 heavy (non-hydrogen) atoms. The van der Waals surface area contributed by atoms with Crippen LogP contribution in [0.1, 0.15) is 33.1 Å². The van der Waals surface area contributed by atoms with Crippen molar-refractivity contribution in [1.29, 1.82) is 0 Å². The molecule has 2 unspecified atom stereocenters. The van der Waals surface area contributed by atoms with Gasteiger partial charge in [-0.2, -0.15) is 0 Å². The maximum atomic E-state index is 11.7. The predicted octanol–water partition coefficient (Wildman–Crippen LogP) is 0.275. The number of ether oxygens (including phenoxy) is 1. The Morgan fingerprint density at radius 1 is 1.41 bits per heavy atom. The predicted molar refractivity (Wildman–Crippen MR) is 65.5 cm³/mol. The summed E-state index contributed by atoms with van der Waals surface area (Å²) in [4.78, 5) is 11.7. The lowest BCUT2D eigenvalue weighted by atomic mass is 10.1. The first-order valence-corrected chi connectivity index (χ1v) is 7.68.